The van der Waals surface area contributed by atoms with Crippen molar-refractivity contribution in [3.8, 4) is 0 Å². The molecule has 1 aliphatic heterocycles. The molecule has 0 aromatic heterocycles. The van der Waals surface area contributed by atoms with E-state index >= 15 is 0 Å². The summed E-state index contributed by atoms with van der Waals surface area (Å²) in [5.74, 6) is 0.552. The Labute approximate surface area is 106 Å². The number of hydrogen-bond donors (Lipinski definition) is 0. The fourth-order valence-electron chi connectivity index (χ4n) is 1.50. The van der Waals surface area contributed by atoms with Crippen LogP contribution in [0.5, 0.6) is 0 Å². The van der Waals surface area contributed by atoms with Crippen LogP contribution >= 0.6 is 11.8 Å². The molecular formula is C14H15NOS. The second kappa shape index (κ2) is 5.32. The number of carbonyl (C=O) groups is 1. The van der Waals surface area contributed by atoms with Crippen LogP contribution in [0.2, 0.25) is 0 Å². The summed E-state index contributed by atoms with van der Waals surface area (Å²) in [6.07, 6.45) is 2.84. The van der Waals surface area contributed by atoms with Gasteiger partial charge in [-0.05, 0) is 24.1 Å². The van der Waals surface area contributed by atoms with Crippen LogP contribution in [0.1, 0.15) is 25.8 Å². The number of nitrogens with zero attached hydrogens (tertiary/aromatic N) is 1. The van der Waals surface area contributed by atoms with Crippen LogP contribution in [-0.2, 0) is 4.79 Å². The van der Waals surface area contributed by atoms with E-state index in [0.717, 1.165) is 17.0 Å². The van der Waals surface area contributed by atoms with Gasteiger partial charge in [0.2, 0.25) is 5.12 Å². The van der Waals surface area contributed by atoms with Crippen molar-refractivity contribution in [3.63, 3.8) is 0 Å². The zero-order valence-corrected chi connectivity index (χ0v) is 10.8. The number of carbonyl (C=O) groups excluding carboxylic acids is 1. The molecule has 17 heavy (non-hydrogen) atoms. The van der Waals surface area contributed by atoms with Gasteiger partial charge in [0.25, 0.3) is 0 Å². The van der Waals surface area contributed by atoms with Gasteiger partial charge in [-0.15, -0.1) is 0 Å². The molecule has 0 spiro atoms. The lowest BCUT2D eigenvalue weighted by Crippen LogP contribution is -1.92. The fraction of sp³-hybridized carbons (Fsp3) is 0.286. The first kappa shape index (κ1) is 12.1. The Kier molecular flexibility index (Phi) is 3.79. The fourth-order valence-corrected chi connectivity index (χ4v) is 2.31. The molecule has 2 nitrogen and oxygen atoms in total. The molecule has 0 atom stereocenters. The Morgan fingerprint density at radius 3 is 2.65 bits per heavy atom. The third-order valence-corrected chi connectivity index (χ3v) is 3.34. The molecule has 1 aromatic rings. The van der Waals surface area contributed by atoms with Gasteiger partial charge in [0, 0.05) is 5.56 Å². The molecule has 0 fully saturated rings. The van der Waals surface area contributed by atoms with Crippen LogP contribution < -0.4 is 0 Å². The summed E-state index contributed by atoms with van der Waals surface area (Å²) in [6.45, 7) is 4.26. The summed E-state index contributed by atoms with van der Waals surface area (Å²) in [5, 5.41) is 0.870. The molecule has 0 amide bonds. The minimum Gasteiger partial charge on any atom is -0.279 e. The molecule has 0 aliphatic carbocycles. The number of hydrogen-bond acceptors (Lipinski definition) is 3. The number of aliphatic imine (C=N–C) groups is 1. The van der Waals surface area contributed by atoms with Crippen LogP contribution in [0.3, 0.4) is 0 Å². The zero-order chi connectivity index (χ0) is 12.3. The van der Waals surface area contributed by atoms with E-state index in [4.69, 9.17) is 0 Å². The standard InChI is InChI=1S/C14H15NOS/c1-10(2)8-9-12-14(16)17-13(15-12)11-6-4-3-5-7-11/h3-7,9-10H,8H2,1-2H3/b12-9-. The van der Waals surface area contributed by atoms with Crippen molar-refractivity contribution in [2.24, 2.45) is 10.9 Å². The molecule has 1 aliphatic rings. The number of rotatable bonds is 3. The predicted octanol–water partition coefficient (Wildman–Crippen LogP) is 3.64. The Morgan fingerprint density at radius 2 is 2.00 bits per heavy atom. The Balaban J connectivity index is 2.20. The van der Waals surface area contributed by atoms with Crippen LogP contribution in [0.4, 0.5) is 0 Å². The van der Waals surface area contributed by atoms with Gasteiger partial charge in [-0.25, -0.2) is 4.99 Å². The van der Waals surface area contributed by atoms with Gasteiger partial charge in [0.1, 0.15) is 10.7 Å². The molecule has 2 rings (SSSR count). The SMILES string of the molecule is CC(C)C/C=C1\N=C(c2ccccc2)SC1=O. The quantitative estimate of drug-likeness (QED) is 0.761. The highest BCUT2D eigenvalue weighted by atomic mass is 32.2. The van der Waals surface area contributed by atoms with Crippen molar-refractivity contribution in [1.29, 1.82) is 0 Å². The molecule has 0 N–H and O–H groups in total. The largest absolute Gasteiger partial charge is 0.279 e. The van der Waals surface area contributed by atoms with Crippen molar-refractivity contribution < 1.29 is 4.79 Å². The van der Waals surface area contributed by atoms with Crippen LogP contribution in [0, 0.1) is 5.92 Å². The van der Waals surface area contributed by atoms with Gasteiger partial charge in [-0.3, -0.25) is 4.79 Å². The third kappa shape index (κ3) is 3.07. The minimum atomic E-state index is 0.0597. The van der Waals surface area contributed by atoms with Crippen molar-refractivity contribution in [3.05, 3.63) is 47.7 Å². The molecule has 0 unspecified atom stereocenters. The van der Waals surface area contributed by atoms with Crippen molar-refractivity contribution >= 4 is 21.9 Å². The van der Waals surface area contributed by atoms with Gasteiger partial charge < -0.3 is 0 Å². The lowest BCUT2D eigenvalue weighted by atomic mass is 10.1. The summed E-state index contributed by atoms with van der Waals surface area (Å²) in [7, 11) is 0. The normalized spacial score (nSPS) is 17.9. The first-order chi connectivity index (χ1) is 8.16. The number of allylic oxidation sites excluding steroid dienone is 1. The van der Waals surface area contributed by atoms with Crippen LogP contribution in [0.25, 0.3) is 0 Å². The summed E-state index contributed by atoms with van der Waals surface area (Å²) in [5.41, 5.74) is 1.61. The van der Waals surface area contributed by atoms with Gasteiger partial charge in [-0.1, -0.05) is 50.3 Å². The monoisotopic (exact) mass is 245 g/mol. The molecule has 0 saturated heterocycles. The third-order valence-electron chi connectivity index (χ3n) is 2.42. The maximum atomic E-state index is 11.8. The van der Waals surface area contributed by atoms with Crippen LogP contribution in [-0.4, -0.2) is 10.2 Å². The van der Waals surface area contributed by atoms with Gasteiger partial charge in [-0.2, -0.15) is 0 Å². The van der Waals surface area contributed by atoms with Gasteiger partial charge in [0.05, 0.1) is 0 Å². The maximum absolute atomic E-state index is 11.8. The Morgan fingerprint density at radius 1 is 1.29 bits per heavy atom. The van der Waals surface area contributed by atoms with E-state index in [1.807, 2.05) is 36.4 Å². The second-order valence-corrected chi connectivity index (χ2v) is 5.35. The Bertz CT molecular complexity index is 474. The molecular weight excluding hydrogens is 230 g/mol. The first-order valence-corrected chi connectivity index (χ1v) is 6.55. The van der Waals surface area contributed by atoms with E-state index < -0.39 is 0 Å². The molecule has 1 heterocycles. The van der Waals surface area contributed by atoms with Crippen molar-refractivity contribution in [1.82, 2.24) is 0 Å². The van der Waals surface area contributed by atoms with E-state index in [9.17, 15) is 4.79 Å². The first-order valence-electron chi connectivity index (χ1n) is 5.73. The topological polar surface area (TPSA) is 29.4 Å². The summed E-state index contributed by atoms with van der Waals surface area (Å²) >= 11 is 1.22. The molecule has 0 bridgehead atoms. The average Bonchev–Trinajstić information content (AvgIpc) is 2.69. The summed E-state index contributed by atoms with van der Waals surface area (Å²) in [4.78, 5) is 16.2. The molecule has 0 radical (unpaired) electrons. The van der Waals surface area contributed by atoms with Gasteiger partial charge >= 0.3 is 0 Å². The van der Waals surface area contributed by atoms with Crippen molar-refractivity contribution in [2.45, 2.75) is 20.3 Å². The smallest absolute Gasteiger partial charge is 0.243 e. The number of thioether (sulfide) groups is 1. The summed E-state index contributed by atoms with van der Waals surface area (Å²) < 4.78 is 0. The zero-order valence-electron chi connectivity index (χ0n) is 10.0. The minimum absolute atomic E-state index is 0.0597. The molecule has 0 saturated carbocycles. The van der Waals surface area contributed by atoms with Gasteiger partial charge in [0.15, 0.2) is 0 Å². The van der Waals surface area contributed by atoms with E-state index in [1.54, 1.807) is 0 Å². The number of benzene rings is 1. The highest BCUT2D eigenvalue weighted by Crippen LogP contribution is 2.27. The average molecular weight is 245 g/mol. The molecule has 88 valence electrons. The lowest BCUT2D eigenvalue weighted by Gasteiger charge is -1.97. The highest BCUT2D eigenvalue weighted by molar-refractivity contribution is 8.27. The Hall–Kier alpha value is -1.35. The molecule has 3 heteroatoms. The second-order valence-electron chi connectivity index (χ2n) is 4.39. The van der Waals surface area contributed by atoms with Crippen molar-refractivity contribution in [2.75, 3.05) is 0 Å². The predicted molar refractivity (Wildman–Crippen MR) is 73.1 cm³/mol. The van der Waals surface area contributed by atoms with Crippen LogP contribution in [0.15, 0.2) is 47.1 Å². The van der Waals surface area contributed by atoms with E-state index in [0.29, 0.717) is 11.6 Å². The van der Waals surface area contributed by atoms with E-state index in [1.165, 1.54) is 11.8 Å². The van der Waals surface area contributed by atoms with E-state index in [-0.39, 0.29) is 5.12 Å². The lowest BCUT2D eigenvalue weighted by molar-refractivity contribution is -0.107. The summed E-state index contributed by atoms with van der Waals surface area (Å²) in [6, 6.07) is 9.83. The highest BCUT2D eigenvalue weighted by Gasteiger charge is 2.22. The maximum Gasteiger partial charge on any atom is 0.243 e. The molecule has 1 aromatic carbocycles. The van der Waals surface area contributed by atoms with E-state index in [2.05, 4.69) is 18.8 Å².